The minimum atomic E-state index is -0.899. The van der Waals surface area contributed by atoms with Crippen molar-refractivity contribution < 1.29 is 5.11 Å². The van der Waals surface area contributed by atoms with Crippen LogP contribution in [0.4, 0.5) is 0 Å². The number of pyridine rings is 1. The second-order valence-corrected chi connectivity index (χ2v) is 5.90. The molecular formula is C19H17NO. The lowest BCUT2D eigenvalue weighted by Gasteiger charge is -2.26. The smallest absolute Gasteiger partial charge is 0.116 e. The van der Waals surface area contributed by atoms with Gasteiger partial charge in [0.05, 0.1) is 5.52 Å². The molecule has 0 bridgehead atoms. The molecule has 1 aliphatic carbocycles. The van der Waals surface area contributed by atoms with Gasteiger partial charge in [0.25, 0.3) is 0 Å². The number of rotatable bonds is 1. The first-order valence-corrected chi connectivity index (χ1v) is 7.35. The van der Waals surface area contributed by atoms with Gasteiger partial charge in [0.1, 0.15) is 5.60 Å². The van der Waals surface area contributed by atoms with Gasteiger partial charge in [-0.2, -0.15) is 0 Å². The van der Waals surface area contributed by atoms with E-state index in [1.165, 1.54) is 11.1 Å². The molecule has 3 aromatic rings. The Balaban J connectivity index is 2.00. The highest BCUT2D eigenvalue weighted by Crippen LogP contribution is 2.44. The molecular weight excluding hydrogens is 258 g/mol. The fraction of sp³-hybridized carbons (Fsp3) is 0.211. The Labute approximate surface area is 124 Å². The van der Waals surface area contributed by atoms with Gasteiger partial charge in [0.2, 0.25) is 0 Å². The Morgan fingerprint density at radius 2 is 1.95 bits per heavy atom. The lowest BCUT2D eigenvalue weighted by atomic mass is 9.85. The van der Waals surface area contributed by atoms with Crippen molar-refractivity contribution >= 4 is 10.9 Å². The van der Waals surface area contributed by atoms with E-state index in [0.717, 1.165) is 34.9 Å². The van der Waals surface area contributed by atoms with E-state index in [1.54, 1.807) is 6.20 Å². The van der Waals surface area contributed by atoms with Crippen molar-refractivity contribution in [2.24, 2.45) is 0 Å². The van der Waals surface area contributed by atoms with Crippen LogP contribution in [-0.4, -0.2) is 10.1 Å². The van der Waals surface area contributed by atoms with Gasteiger partial charge < -0.3 is 5.11 Å². The summed E-state index contributed by atoms with van der Waals surface area (Å²) in [5.74, 6) is 0. The Bertz CT molecular complexity index is 835. The number of aliphatic hydroxyl groups is 1. The molecule has 0 spiro atoms. The summed E-state index contributed by atoms with van der Waals surface area (Å²) >= 11 is 0. The summed E-state index contributed by atoms with van der Waals surface area (Å²) in [5.41, 5.74) is 4.50. The zero-order chi connectivity index (χ0) is 14.4. The molecule has 0 saturated heterocycles. The van der Waals surface area contributed by atoms with Gasteiger partial charge in [0, 0.05) is 11.6 Å². The second-order valence-electron chi connectivity index (χ2n) is 5.90. The fourth-order valence-corrected chi connectivity index (χ4v) is 3.49. The molecule has 0 aliphatic heterocycles. The molecule has 4 rings (SSSR count). The molecule has 0 fully saturated rings. The van der Waals surface area contributed by atoms with E-state index in [9.17, 15) is 5.11 Å². The van der Waals surface area contributed by atoms with Crippen molar-refractivity contribution in [3.8, 4) is 0 Å². The van der Waals surface area contributed by atoms with Crippen LogP contribution in [0.2, 0.25) is 0 Å². The Hall–Kier alpha value is -2.19. The average Bonchev–Trinajstić information content (AvgIpc) is 2.85. The highest BCUT2D eigenvalue weighted by atomic mass is 16.3. The van der Waals surface area contributed by atoms with Crippen LogP contribution in [0.25, 0.3) is 10.9 Å². The van der Waals surface area contributed by atoms with Crippen LogP contribution in [0.3, 0.4) is 0 Å². The summed E-state index contributed by atoms with van der Waals surface area (Å²) in [6.45, 7) is 2.07. The summed E-state index contributed by atoms with van der Waals surface area (Å²) < 4.78 is 0. The molecule has 1 N–H and O–H groups in total. The van der Waals surface area contributed by atoms with Crippen LogP contribution < -0.4 is 0 Å². The first kappa shape index (κ1) is 12.5. The molecule has 104 valence electrons. The topological polar surface area (TPSA) is 33.1 Å². The van der Waals surface area contributed by atoms with Crippen molar-refractivity contribution in [2.45, 2.75) is 25.4 Å². The van der Waals surface area contributed by atoms with E-state index >= 15 is 0 Å². The maximum absolute atomic E-state index is 11.4. The number of aromatic nitrogens is 1. The molecule has 2 aromatic carbocycles. The van der Waals surface area contributed by atoms with Crippen molar-refractivity contribution in [2.75, 3.05) is 0 Å². The molecule has 1 unspecified atom stereocenters. The highest BCUT2D eigenvalue weighted by molar-refractivity contribution is 5.83. The molecule has 1 heterocycles. The molecule has 2 nitrogen and oxygen atoms in total. The second kappa shape index (κ2) is 4.40. The standard InChI is InChI=1S/C19H17NO/c1-13-7-8-14-9-10-19(21,17(14)12-13)16-5-2-6-18-15(16)4-3-11-20-18/h2-8,11-12,21H,9-10H2,1H3. The Morgan fingerprint density at radius 1 is 1.05 bits per heavy atom. The normalized spacial score (nSPS) is 20.7. The van der Waals surface area contributed by atoms with E-state index in [1.807, 2.05) is 30.3 Å². The van der Waals surface area contributed by atoms with Crippen LogP contribution in [-0.2, 0) is 12.0 Å². The van der Waals surface area contributed by atoms with Gasteiger partial charge in [-0.15, -0.1) is 0 Å². The van der Waals surface area contributed by atoms with E-state index in [4.69, 9.17) is 0 Å². The molecule has 1 aromatic heterocycles. The van der Waals surface area contributed by atoms with Crippen LogP contribution >= 0.6 is 0 Å². The fourth-order valence-electron chi connectivity index (χ4n) is 3.49. The SMILES string of the molecule is Cc1ccc2c(c1)C(O)(c1cccc3ncccc13)CC2. The third-order valence-electron chi connectivity index (χ3n) is 4.56. The summed E-state index contributed by atoms with van der Waals surface area (Å²) in [6.07, 6.45) is 3.45. The molecule has 0 amide bonds. The number of hydrogen-bond acceptors (Lipinski definition) is 2. The number of fused-ring (bicyclic) bond motifs is 2. The Kier molecular flexibility index (Phi) is 2.63. The summed E-state index contributed by atoms with van der Waals surface area (Å²) in [6, 6.07) is 16.4. The van der Waals surface area contributed by atoms with Gasteiger partial charge in [-0.05, 0) is 48.6 Å². The van der Waals surface area contributed by atoms with Gasteiger partial charge in [-0.25, -0.2) is 0 Å². The third kappa shape index (κ3) is 1.79. The quantitative estimate of drug-likeness (QED) is 0.734. The number of aryl methyl sites for hydroxylation is 2. The van der Waals surface area contributed by atoms with Crippen LogP contribution in [0.15, 0.2) is 54.7 Å². The van der Waals surface area contributed by atoms with Crippen molar-refractivity contribution in [3.63, 3.8) is 0 Å². The van der Waals surface area contributed by atoms with E-state index in [0.29, 0.717) is 0 Å². The van der Waals surface area contributed by atoms with Crippen molar-refractivity contribution in [3.05, 3.63) is 77.0 Å². The number of hydrogen-bond donors (Lipinski definition) is 1. The maximum atomic E-state index is 11.4. The van der Waals surface area contributed by atoms with Crippen molar-refractivity contribution in [1.29, 1.82) is 0 Å². The van der Waals surface area contributed by atoms with Crippen LogP contribution in [0, 0.1) is 6.92 Å². The highest BCUT2D eigenvalue weighted by Gasteiger charge is 2.39. The molecule has 21 heavy (non-hydrogen) atoms. The van der Waals surface area contributed by atoms with Gasteiger partial charge in [-0.3, -0.25) is 4.98 Å². The van der Waals surface area contributed by atoms with E-state index in [-0.39, 0.29) is 0 Å². The summed E-state index contributed by atoms with van der Waals surface area (Å²) in [7, 11) is 0. The third-order valence-corrected chi connectivity index (χ3v) is 4.56. The Morgan fingerprint density at radius 3 is 2.86 bits per heavy atom. The predicted molar refractivity (Wildman–Crippen MR) is 84.2 cm³/mol. The number of nitrogens with zero attached hydrogens (tertiary/aromatic N) is 1. The monoisotopic (exact) mass is 275 g/mol. The predicted octanol–water partition coefficient (Wildman–Crippen LogP) is 3.73. The molecule has 0 radical (unpaired) electrons. The molecule has 0 saturated carbocycles. The van der Waals surface area contributed by atoms with Crippen molar-refractivity contribution in [1.82, 2.24) is 4.98 Å². The average molecular weight is 275 g/mol. The zero-order valence-corrected chi connectivity index (χ0v) is 12.0. The van der Waals surface area contributed by atoms with Gasteiger partial charge in [0.15, 0.2) is 0 Å². The molecule has 2 heteroatoms. The largest absolute Gasteiger partial charge is 0.380 e. The first-order chi connectivity index (χ1) is 10.2. The lowest BCUT2D eigenvalue weighted by molar-refractivity contribution is 0.0844. The molecule has 1 atom stereocenters. The van der Waals surface area contributed by atoms with Crippen LogP contribution in [0.1, 0.15) is 28.7 Å². The summed E-state index contributed by atoms with van der Waals surface area (Å²) in [4.78, 5) is 4.41. The maximum Gasteiger partial charge on any atom is 0.116 e. The minimum Gasteiger partial charge on any atom is -0.380 e. The van der Waals surface area contributed by atoms with E-state index in [2.05, 4.69) is 30.1 Å². The van der Waals surface area contributed by atoms with E-state index < -0.39 is 5.60 Å². The zero-order valence-electron chi connectivity index (χ0n) is 12.0. The van der Waals surface area contributed by atoms with Gasteiger partial charge >= 0.3 is 0 Å². The lowest BCUT2D eigenvalue weighted by Crippen LogP contribution is -2.24. The summed E-state index contributed by atoms with van der Waals surface area (Å²) in [5, 5.41) is 12.4. The minimum absolute atomic E-state index is 0.736. The van der Waals surface area contributed by atoms with Gasteiger partial charge in [-0.1, -0.05) is 42.0 Å². The van der Waals surface area contributed by atoms with Crippen LogP contribution in [0.5, 0.6) is 0 Å². The number of benzene rings is 2. The first-order valence-electron chi connectivity index (χ1n) is 7.35. The molecule has 1 aliphatic rings.